The van der Waals surface area contributed by atoms with Crippen LogP contribution in [-0.4, -0.2) is 68.2 Å². The fourth-order valence-corrected chi connectivity index (χ4v) is 1.76. The molecule has 0 radical (unpaired) electrons. The molecule has 90 valence electrons. The minimum atomic E-state index is -0.515. The van der Waals surface area contributed by atoms with E-state index in [2.05, 4.69) is 10.8 Å². The van der Waals surface area contributed by atoms with Gasteiger partial charge in [0.05, 0.1) is 6.54 Å². The van der Waals surface area contributed by atoms with Gasteiger partial charge in [0.2, 0.25) is 0 Å². The van der Waals surface area contributed by atoms with Crippen LogP contribution >= 0.6 is 0 Å². The zero-order valence-corrected chi connectivity index (χ0v) is 9.69. The fraction of sp³-hybridized carbons (Fsp3) is 0.727. The number of methoxy groups -OCH3 is 1. The molecule has 0 saturated carbocycles. The van der Waals surface area contributed by atoms with Crippen LogP contribution < -0.4 is 5.73 Å². The van der Waals surface area contributed by atoms with Crippen LogP contribution in [-0.2, 0) is 9.53 Å². The molecule has 1 heterocycles. The molecule has 1 aliphatic heterocycles. The monoisotopic (exact) mass is 225 g/mol. The summed E-state index contributed by atoms with van der Waals surface area (Å²) in [5.41, 5.74) is 5.46. The topological polar surface area (TPSA) is 58.8 Å². The van der Waals surface area contributed by atoms with Gasteiger partial charge in [-0.05, 0) is 0 Å². The quantitative estimate of drug-likeness (QED) is 0.607. The molecule has 1 unspecified atom stereocenters. The first-order valence-electron chi connectivity index (χ1n) is 5.40. The molecule has 0 aromatic heterocycles. The van der Waals surface area contributed by atoms with Crippen molar-refractivity contribution in [3.8, 4) is 12.3 Å². The van der Waals surface area contributed by atoms with Crippen molar-refractivity contribution in [2.24, 2.45) is 5.73 Å². The maximum atomic E-state index is 11.9. The molecule has 1 atom stereocenters. The molecule has 0 spiro atoms. The van der Waals surface area contributed by atoms with Crippen molar-refractivity contribution < 1.29 is 9.53 Å². The van der Waals surface area contributed by atoms with E-state index >= 15 is 0 Å². The van der Waals surface area contributed by atoms with Gasteiger partial charge in [0.1, 0.15) is 6.10 Å². The molecule has 1 aliphatic rings. The lowest BCUT2D eigenvalue weighted by Crippen LogP contribution is -2.52. The number of ether oxygens (including phenoxy) is 1. The third-order valence-corrected chi connectivity index (χ3v) is 2.77. The number of hydrogen-bond donors (Lipinski definition) is 1. The second kappa shape index (κ2) is 6.48. The van der Waals surface area contributed by atoms with Crippen LogP contribution in [0.25, 0.3) is 0 Å². The van der Waals surface area contributed by atoms with Crippen molar-refractivity contribution >= 4 is 5.91 Å². The number of hydrogen-bond acceptors (Lipinski definition) is 4. The van der Waals surface area contributed by atoms with E-state index in [1.54, 1.807) is 4.90 Å². The molecular formula is C11H19N3O2. The first-order chi connectivity index (χ1) is 7.72. The first kappa shape index (κ1) is 13.0. The van der Waals surface area contributed by atoms with E-state index in [1.807, 2.05) is 0 Å². The van der Waals surface area contributed by atoms with Gasteiger partial charge in [-0.15, -0.1) is 6.42 Å². The van der Waals surface area contributed by atoms with E-state index in [4.69, 9.17) is 16.9 Å². The zero-order valence-electron chi connectivity index (χ0n) is 9.69. The lowest BCUT2D eigenvalue weighted by atomic mass is 10.2. The van der Waals surface area contributed by atoms with Gasteiger partial charge in [0.25, 0.3) is 5.91 Å². The van der Waals surface area contributed by atoms with Crippen LogP contribution in [0.4, 0.5) is 0 Å². The maximum Gasteiger partial charge on any atom is 0.253 e. The molecule has 16 heavy (non-hydrogen) atoms. The lowest BCUT2D eigenvalue weighted by Gasteiger charge is -2.35. The van der Waals surface area contributed by atoms with Crippen LogP contribution in [0, 0.1) is 12.3 Å². The molecule has 1 amide bonds. The Bertz CT molecular complexity index is 263. The molecule has 0 aromatic carbocycles. The minimum absolute atomic E-state index is 0.0228. The van der Waals surface area contributed by atoms with Gasteiger partial charge in [0.15, 0.2) is 0 Å². The Morgan fingerprint density at radius 1 is 1.50 bits per heavy atom. The number of terminal acetylenes is 1. The van der Waals surface area contributed by atoms with Crippen molar-refractivity contribution in [1.82, 2.24) is 9.80 Å². The van der Waals surface area contributed by atoms with Crippen LogP contribution in [0.2, 0.25) is 0 Å². The van der Waals surface area contributed by atoms with Crippen molar-refractivity contribution in [3.63, 3.8) is 0 Å². The van der Waals surface area contributed by atoms with Gasteiger partial charge in [-0.3, -0.25) is 9.69 Å². The van der Waals surface area contributed by atoms with E-state index in [0.717, 1.165) is 13.1 Å². The number of carbonyl (C=O) groups excluding carboxylic acids is 1. The van der Waals surface area contributed by atoms with Gasteiger partial charge in [-0.1, -0.05) is 5.92 Å². The average Bonchev–Trinajstić information content (AvgIpc) is 2.32. The van der Waals surface area contributed by atoms with Gasteiger partial charge in [0, 0.05) is 39.8 Å². The molecule has 5 heteroatoms. The summed E-state index contributed by atoms with van der Waals surface area (Å²) >= 11 is 0. The Morgan fingerprint density at radius 2 is 2.12 bits per heavy atom. The van der Waals surface area contributed by atoms with Crippen molar-refractivity contribution in [1.29, 1.82) is 0 Å². The molecule has 0 bridgehead atoms. The van der Waals surface area contributed by atoms with E-state index in [0.29, 0.717) is 19.6 Å². The number of carbonyl (C=O) groups is 1. The predicted molar refractivity (Wildman–Crippen MR) is 61.7 cm³/mol. The van der Waals surface area contributed by atoms with Crippen molar-refractivity contribution in [2.75, 3.05) is 46.4 Å². The molecule has 0 aliphatic carbocycles. The van der Waals surface area contributed by atoms with Crippen LogP contribution in [0.5, 0.6) is 0 Å². The molecular weight excluding hydrogens is 206 g/mol. The Morgan fingerprint density at radius 3 is 2.56 bits per heavy atom. The lowest BCUT2D eigenvalue weighted by molar-refractivity contribution is -0.143. The Labute approximate surface area is 96.5 Å². The second-order valence-corrected chi connectivity index (χ2v) is 3.77. The molecule has 1 fully saturated rings. The third-order valence-electron chi connectivity index (χ3n) is 2.77. The highest BCUT2D eigenvalue weighted by molar-refractivity contribution is 5.81. The third kappa shape index (κ3) is 3.20. The maximum absolute atomic E-state index is 11.9. The summed E-state index contributed by atoms with van der Waals surface area (Å²) in [5.74, 6) is 2.58. The minimum Gasteiger partial charge on any atom is -0.370 e. The van der Waals surface area contributed by atoms with E-state index < -0.39 is 6.10 Å². The molecule has 2 N–H and O–H groups in total. The standard InChI is InChI=1S/C11H19N3O2/c1-3-4-13-5-7-14(8-6-13)11(15)10(9-12)16-2/h1,10H,4-9,12H2,2H3. The van der Waals surface area contributed by atoms with Gasteiger partial charge >= 0.3 is 0 Å². The number of nitrogens with zero attached hydrogens (tertiary/aromatic N) is 2. The number of amides is 1. The highest BCUT2D eigenvalue weighted by atomic mass is 16.5. The van der Waals surface area contributed by atoms with Crippen molar-refractivity contribution in [2.45, 2.75) is 6.10 Å². The normalized spacial score (nSPS) is 19.2. The summed E-state index contributed by atoms with van der Waals surface area (Å²) < 4.78 is 5.03. The average molecular weight is 225 g/mol. The highest BCUT2D eigenvalue weighted by Gasteiger charge is 2.26. The Kier molecular flexibility index (Phi) is 5.26. The van der Waals surface area contributed by atoms with Crippen LogP contribution in [0.3, 0.4) is 0 Å². The summed E-state index contributed by atoms with van der Waals surface area (Å²) in [6, 6.07) is 0. The van der Waals surface area contributed by atoms with E-state index in [9.17, 15) is 4.79 Å². The van der Waals surface area contributed by atoms with Crippen LogP contribution in [0.1, 0.15) is 0 Å². The zero-order chi connectivity index (χ0) is 12.0. The van der Waals surface area contributed by atoms with Gasteiger partial charge < -0.3 is 15.4 Å². The SMILES string of the molecule is C#CCN1CCN(C(=O)C(CN)OC)CC1. The smallest absolute Gasteiger partial charge is 0.253 e. The van der Waals surface area contributed by atoms with Gasteiger partial charge in [-0.25, -0.2) is 0 Å². The molecule has 5 nitrogen and oxygen atoms in total. The Balaban J connectivity index is 2.41. The second-order valence-electron chi connectivity index (χ2n) is 3.77. The molecule has 1 saturated heterocycles. The van der Waals surface area contributed by atoms with E-state index in [-0.39, 0.29) is 12.5 Å². The highest BCUT2D eigenvalue weighted by Crippen LogP contribution is 2.04. The summed E-state index contributed by atoms with van der Waals surface area (Å²) in [6.07, 6.45) is 4.72. The number of nitrogens with two attached hydrogens (primary N) is 1. The van der Waals surface area contributed by atoms with Gasteiger partial charge in [-0.2, -0.15) is 0 Å². The predicted octanol–water partition coefficient (Wildman–Crippen LogP) is -1.26. The van der Waals surface area contributed by atoms with Crippen LogP contribution in [0.15, 0.2) is 0 Å². The summed E-state index contributed by atoms with van der Waals surface area (Å²) in [5, 5.41) is 0. The first-order valence-corrected chi connectivity index (χ1v) is 5.40. The number of piperazine rings is 1. The number of rotatable bonds is 4. The molecule has 0 aromatic rings. The summed E-state index contributed by atoms with van der Waals surface area (Å²) in [4.78, 5) is 15.8. The van der Waals surface area contributed by atoms with E-state index in [1.165, 1.54) is 7.11 Å². The summed E-state index contributed by atoms with van der Waals surface area (Å²) in [6.45, 7) is 3.89. The Hall–Kier alpha value is -1.09. The largest absolute Gasteiger partial charge is 0.370 e. The fourth-order valence-electron chi connectivity index (χ4n) is 1.76. The van der Waals surface area contributed by atoms with Crippen molar-refractivity contribution in [3.05, 3.63) is 0 Å². The molecule has 1 rings (SSSR count). The summed E-state index contributed by atoms with van der Waals surface area (Å²) in [7, 11) is 1.50.